The Hall–Kier alpha value is -1.08. The first kappa shape index (κ1) is 13.4. The van der Waals surface area contributed by atoms with Crippen molar-refractivity contribution in [3.63, 3.8) is 0 Å². The predicted molar refractivity (Wildman–Crippen MR) is 69.9 cm³/mol. The average molecular weight is 270 g/mol. The van der Waals surface area contributed by atoms with E-state index in [0.29, 0.717) is 6.54 Å². The van der Waals surface area contributed by atoms with Gasteiger partial charge in [0.15, 0.2) is 5.69 Å². The van der Waals surface area contributed by atoms with Gasteiger partial charge in [-0.3, -0.25) is 4.68 Å². The van der Waals surface area contributed by atoms with Gasteiger partial charge in [-0.1, -0.05) is 5.21 Å². The summed E-state index contributed by atoms with van der Waals surface area (Å²) in [4.78, 5) is 10.6. The number of nitrogens with one attached hydrogen (secondary N) is 1. The molecule has 7 heteroatoms. The van der Waals surface area contributed by atoms with Crippen LogP contribution in [0.2, 0.25) is 0 Å². The molecule has 1 aromatic heterocycles. The predicted octanol–water partition coefficient (Wildman–Crippen LogP) is 0.709. The van der Waals surface area contributed by atoms with Crippen LogP contribution in [0.25, 0.3) is 0 Å². The second kappa shape index (κ2) is 6.75. The Kier molecular flexibility index (Phi) is 5.00. The highest BCUT2D eigenvalue weighted by Crippen LogP contribution is 2.21. The van der Waals surface area contributed by atoms with Crippen LogP contribution in [0, 0.1) is 5.92 Å². The molecule has 100 valence electrons. The number of carboxylic acid groups (broad SMARTS) is 1. The van der Waals surface area contributed by atoms with E-state index >= 15 is 0 Å². The number of rotatable bonds is 6. The lowest BCUT2D eigenvalue weighted by atomic mass is 10.0. The maximum Gasteiger partial charge on any atom is 0.358 e. The number of carboxylic acids is 1. The van der Waals surface area contributed by atoms with Crippen LogP contribution in [0.1, 0.15) is 23.3 Å². The van der Waals surface area contributed by atoms with E-state index in [2.05, 4.69) is 15.6 Å². The van der Waals surface area contributed by atoms with Gasteiger partial charge in [0.1, 0.15) is 0 Å². The second-order valence-electron chi connectivity index (χ2n) is 4.43. The van der Waals surface area contributed by atoms with Crippen LogP contribution >= 0.6 is 11.8 Å². The van der Waals surface area contributed by atoms with Crippen LogP contribution in [-0.2, 0) is 6.54 Å². The van der Waals surface area contributed by atoms with Gasteiger partial charge in [-0.15, -0.1) is 5.10 Å². The van der Waals surface area contributed by atoms with Gasteiger partial charge in [0.05, 0.1) is 12.7 Å². The number of carbonyl (C=O) groups is 1. The van der Waals surface area contributed by atoms with Crippen LogP contribution in [-0.4, -0.2) is 50.7 Å². The first-order valence-electron chi connectivity index (χ1n) is 6.17. The largest absolute Gasteiger partial charge is 0.476 e. The van der Waals surface area contributed by atoms with Crippen LogP contribution < -0.4 is 5.32 Å². The van der Waals surface area contributed by atoms with Gasteiger partial charge in [0, 0.05) is 6.54 Å². The van der Waals surface area contributed by atoms with Crippen molar-refractivity contribution in [1.82, 2.24) is 20.3 Å². The number of hydrogen-bond acceptors (Lipinski definition) is 5. The molecule has 2 heterocycles. The minimum atomic E-state index is -1.03. The fourth-order valence-corrected chi connectivity index (χ4v) is 3.16. The summed E-state index contributed by atoms with van der Waals surface area (Å²) in [7, 11) is 0. The van der Waals surface area contributed by atoms with Gasteiger partial charge in [-0.2, -0.15) is 11.8 Å². The van der Waals surface area contributed by atoms with Crippen molar-refractivity contribution < 1.29 is 9.90 Å². The van der Waals surface area contributed by atoms with Crippen LogP contribution in [0.3, 0.4) is 0 Å². The molecule has 0 spiro atoms. The molecule has 1 aliphatic heterocycles. The first-order valence-corrected chi connectivity index (χ1v) is 7.33. The van der Waals surface area contributed by atoms with E-state index in [1.165, 1.54) is 30.5 Å². The van der Waals surface area contributed by atoms with E-state index in [0.717, 1.165) is 19.0 Å². The molecule has 0 amide bonds. The van der Waals surface area contributed by atoms with Crippen molar-refractivity contribution in [2.45, 2.75) is 19.4 Å². The summed E-state index contributed by atoms with van der Waals surface area (Å²) in [5.41, 5.74) is -0.000643. The molecule has 1 saturated heterocycles. The molecule has 18 heavy (non-hydrogen) atoms. The highest BCUT2D eigenvalue weighted by Gasteiger charge is 2.13. The molecule has 2 rings (SSSR count). The standard InChI is InChI=1S/C11H18N4O2S/c16-11(17)10-8-15(14-13-10)4-3-12-7-9-1-5-18-6-2-9/h8-9,12H,1-7H2,(H,16,17). The normalized spacial score (nSPS) is 16.9. The molecule has 6 nitrogen and oxygen atoms in total. The smallest absolute Gasteiger partial charge is 0.358 e. The van der Waals surface area contributed by atoms with E-state index in [1.807, 2.05) is 11.8 Å². The Labute approximate surface area is 110 Å². The molecule has 0 aromatic carbocycles. The van der Waals surface area contributed by atoms with Crippen molar-refractivity contribution in [1.29, 1.82) is 0 Å². The highest BCUT2D eigenvalue weighted by atomic mass is 32.2. The molecule has 1 fully saturated rings. The quantitative estimate of drug-likeness (QED) is 0.741. The van der Waals surface area contributed by atoms with E-state index in [4.69, 9.17) is 5.11 Å². The molecule has 0 aliphatic carbocycles. The van der Waals surface area contributed by atoms with Crippen LogP contribution in [0.5, 0.6) is 0 Å². The second-order valence-corrected chi connectivity index (χ2v) is 5.66. The lowest BCUT2D eigenvalue weighted by molar-refractivity contribution is 0.0690. The van der Waals surface area contributed by atoms with Gasteiger partial charge in [-0.25, -0.2) is 4.79 Å². The molecule has 1 aliphatic rings. The Morgan fingerprint density at radius 3 is 3.00 bits per heavy atom. The van der Waals surface area contributed by atoms with Crippen molar-refractivity contribution in [3.8, 4) is 0 Å². The van der Waals surface area contributed by atoms with Crippen LogP contribution in [0.4, 0.5) is 0 Å². The number of aromatic carboxylic acids is 1. The third-order valence-corrected chi connectivity index (χ3v) is 4.10. The molecular weight excluding hydrogens is 252 g/mol. The third-order valence-electron chi connectivity index (χ3n) is 3.05. The number of thioether (sulfide) groups is 1. The molecule has 0 bridgehead atoms. The Balaban J connectivity index is 1.63. The van der Waals surface area contributed by atoms with Crippen molar-refractivity contribution in [3.05, 3.63) is 11.9 Å². The van der Waals surface area contributed by atoms with E-state index in [1.54, 1.807) is 4.68 Å². The number of aromatic nitrogens is 3. The molecular formula is C11H18N4O2S. The van der Waals surface area contributed by atoms with Gasteiger partial charge in [-0.05, 0) is 36.8 Å². The number of hydrogen-bond donors (Lipinski definition) is 2. The summed E-state index contributed by atoms with van der Waals surface area (Å²) in [5, 5.41) is 19.4. The summed E-state index contributed by atoms with van der Waals surface area (Å²) in [6.45, 7) is 2.49. The zero-order valence-electron chi connectivity index (χ0n) is 10.2. The van der Waals surface area contributed by atoms with Crippen molar-refractivity contribution >= 4 is 17.7 Å². The summed E-state index contributed by atoms with van der Waals surface area (Å²) in [6, 6.07) is 0. The van der Waals surface area contributed by atoms with Gasteiger partial charge >= 0.3 is 5.97 Å². The summed E-state index contributed by atoms with van der Waals surface area (Å²) in [5.74, 6) is 2.31. The Bertz CT molecular complexity index is 390. The monoisotopic (exact) mass is 270 g/mol. The maximum atomic E-state index is 10.6. The van der Waals surface area contributed by atoms with Crippen molar-refractivity contribution in [2.24, 2.45) is 5.92 Å². The average Bonchev–Trinajstić information content (AvgIpc) is 2.85. The summed E-state index contributed by atoms with van der Waals surface area (Å²) >= 11 is 2.03. The lowest BCUT2D eigenvalue weighted by Crippen LogP contribution is -2.28. The maximum absolute atomic E-state index is 10.6. The minimum Gasteiger partial charge on any atom is -0.476 e. The highest BCUT2D eigenvalue weighted by molar-refractivity contribution is 7.99. The van der Waals surface area contributed by atoms with Crippen LogP contribution in [0.15, 0.2) is 6.20 Å². The van der Waals surface area contributed by atoms with E-state index in [9.17, 15) is 4.79 Å². The molecule has 1 aromatic rings. The molecule has 0 radical (unpaired) electrons. The molecule has 0 atom stereocenters. The SMILES string of the molecule is O=C(O)c1cn(CCNCC2CCSCC2)nn1. The zero-order chi connectivity index (χ0) is 12.8. The zero-order valence-corrected chi connectivity index (χ0v) is 11.0. The first-order chi connectivity index (χ1) is 8.75. The van der Waals surface area contributed by atoms with E-state index in [-0.39, 0.29) is 5.69 Å². The Morgan fingerprint density at radius 1 is 1.56 bits per heavy atom. The molecule has 0 unspecified atom stereocenters. The van der Waals surface area contributed by atoms with Gasteiger partial charge in [0.2, 0.25) is 0 Å². The van der Waals surface area contributed by atoms with E-state index < -0.39 is 5.97 Å². The summed E-state index contributed by atoms with van der Waals surface area (Å²) in [6.07, 6.45) is 4.05. The molecule has 2 N–H and O–H groups in total. The molecule has 0 saturated carbocycles. The van der Waals surface area contributed by atoms with Gasteiger partial charge in [0.25, 0.3) is 0 Å². The van der Waals surface area contributed by atoms with Crippen molar-refractivity contribution in [2.75, 3.05) is 24.6 Å². The lowest BCUT2D eigenvalue weighted by Gasteiger charge is -2.21. The fraction of sp³-hybridized carbons (Fsp3) is 0.727. The fourth-order valence-electron chi connectivity index (χ4n) is 1.96. The Morgan fingerprint density at radius 2 is 2.33 bits per heavy atom. The number of nitrogens with zero attached hydrogens (tertiary/aromatic N) is 3. The minimum absolute atomic E-state index is 0.000643. The summed E-state index contributed by atoms with van der Waals surface area (Å²) < 4.78 is 1.56. The van der Waals surface area contributed by atoms with Gasteiger partial charge < -0.3 is 10.4 Å². The topological polar surface area (TPSA) is 80.0 Å². The third kappa shape index (κ3) is 3.99.